The molecule has 7 nitrogen and oxygen atoms in total. The molecule has 0 saturated carbocycles. The monoisotopic (exact) mass is 297 g/mol. The van der Waals surface area contributed by atoms with E-state index in [1.807, 2.05) is 0 Å². The molecule has 1 fully saturated rings. The minimum absolute atomic E-state index is 0.107. The molecule has 1 aliphatic heterocycles. The summed E-state index contributed by atoms with van der Waals surface area (Å²) in [7, 11) is 0. The molecular weight excluding hydrogens is 274 g/mol. The van der Waals surface area contributed by atoms with Crippen molar-refractivity contribution in [3.05, 3.63) is 12.7 Å². The molecule has 1 aliphatic rings. The van der Waals surface area contributed by atoms with Crippen LogP contribution in [0.3, 0.4) is 0 Å². The third kappa shape index (κ3) is 5.85. The van der Waals surface area contributed by atoms with Crippen molar-refractivity contribution in [3.8, 4) is 0 Å². The highest BCUT2D eigenvalue weighted by Gasteiger charge is 2.23. The van der Waals surface area contributed by atoms with E-state index in [0.29, 0.717) is 26.2 Å². The van der Waals surface area contributed by atoms with Gasteiger partial charge in [-0.1, -0.05) is 6.58 Å². The quantitative estimate of drug-likeness (QED) is 0.763. The summed E-state index contributed by atoms with van der Waals surface area (Å²) in [5, 5.41) is 2.43. The van der Waals surface area contributed by atoms with E-state index in [0.717, 1.165) is 0 Å². The molecule has 0 unspecified atom stereocenters. The Morgan fingerprint density at radius 1 is 1.14 bits per heavy atom. The van der Waals surface area contributed by atoms with Crippen molar-refractivity contribution in [1.29, 1.82) is 0 Å². The third-order valence-corrected chi connectivity index (χ3v) is 2.90. The first-order valence-corrected chi connectivity index (χ1v) is 6.89. The van der Waals surface area contributed by atoms with E-state index in [2.05, 4.69) is 11.9 Å². The largest absolute Gasteiger partial charge is 0.444 e. The Balaban J connectivity index is 2.33. The summed E-state index contributed by atoms with van der Waals surface area (Å²) in [6.07, 6.45) is 0.651. The Kier molecular flexibility index (Phi) is 5.75. The van der Waals surface area contributed by atoms with Crippen LogP contribution in [0.4, 0.5) is 4.79 Å². The number of hydrogen-bond donors (Lipinski definition) is 1. The van der Waals surface area contributed by atoms with Gasteiger partial charge in [0.2, 0.25) is 11.8 Å². The van der Waals surface area contributed by atoms with Crippen LogP contribution >= 0.6 is 0 Å². The lowest BCUT2D eigenvalue weighted by molar-refractivity contribution is -0.136. The number of piperazine rings is 1. The zero-order valence-corrected chi connectivity index (χ0v) is 12.8. The highest BCUT2D eigenvalue weighted by Crippen LogP contribution is 2.06. The number of carbonyl (C=O) groups is 3. The van der Waals surface area contributed by atoms with E-state index in [-0.39, 0.29) is 18.4 Å². The van der Waals surface area contributed by atoms with E-state index < -0.39 is 11.7 Å². The van der Waals surface area contributed by atoms with Gasteiger partial charge < -0.3 is 19.9 Å². The van der Waals surface area contributed by atoms with Gasteiger partial charge in [-0.25, -0.2) is 4.79 Å². The fourth-order valence-electron chi connectivity index (χ4n) is 1.88. The minimum Gasteiger partial charge on any atom is -0.444 e. The molecule has 1 rings (SSSR count). The lowest BCUT2D eigenvalue weighted by Gasteiger charge is -2.34. The van der Waals surface area contributed by atoms with Crippen molar-refractivity contribution in [2.45, 2.75) is 26.4 Å². The Labute approximate surface area is 124 Å². The molecule has 0 aromatic rings. The van der Waals surface area contributed by atoms with Gasteiger partial charge in [0.25, 0.3) is 0 Å². The number of nitrogens with zero attached hydrogens (tertiary/aromatic N) is 2. The van der Waals surface area contributed by atoms with Gasteiger partial charge in [-0.3, -0.25) is 9.59 Å². The first-order chi connectivity index (χ1) is 9.73. The van der Waals surface area contributed by atoms with Crippen LogP contribution in [0.5, 0.6) is 0 Å². The van der Waals surface area contributed by atoms with Crippen LogP contribution in [-0.4, -0.2) is 66.0 Å². The third-order valence-electron chi connectivity index (χ3n) is 2.90. The van der Waals surface area contributed by atoms with Crippen molar-refractivity contribution in [3.63, 3.8) is 0 Å². The molecule has 0 spiro atoms. The molecule has 0 aromatic carbocycles. The standard InChI is InChI=1S/C14H23N3O4/c1-5-11(18)16-6-8-17(9-7-16)12(19)10-15-13(20)21-14(2,3)4/h5H,1,6-10H2,2-4H3,(H,15,20). The number of rotatable bonds is 3. The molecule has 0 bridgehead atoms. The predicted octanol–water partition coefficient (Wildman–Crippen LogP) is 0.368. The summed E-state index contributed by atoms with van der Waals surface area (Å²) in [6.45, 7) is 10.4. The molecule has 1 N–H and O–H groups in total. The molecule has 1 heterocycles. The van der Waals surface area contributed by atoms with Crippen molar-refractivity contribution >= 4 is 17.9 Å². The summed E-state index contributed by atoms with van der Waals surface area (Å²) in [5.74, 6) is -0.319. The maximum atomic E-state index is 11.9. The second-order valence-corrected chi connectivity index (χ2v) is 5.77. The van der Waals surface area contributed by atoms with Crippen LogP contribution < -0.4 is 5.32 Å². The second kappa shape index (κ2) is 7.10. The molecule has 7 heteroatoms. The first kappa shape index (κ1) is 17.0. The van der Waals surface area contributed by atoms with Crippen LogP contribution in [0.2, 0.25) is 0 Å². The van der Waals surface area contributed by atoms with E-state index in [4.69, 9.17) is 4.74 Å². The van der Waals surface area contributed by atoms with Crippen molar-refractivity contribution in [1.82, 2.24) is 15.1 Å². The van der Waals surface area contributed by atoms with Gasteiger partial charge in [-0.05, 0) is 26.8 Å². The fraction of sp³-hybridized carbons (Fsp3) is 0.643. The summed E-state index contributed by atoms with van der Waals surface area (Å²) < 4.78 is 5.05. The first-order valence-electron chi connectivity index (χ1n) is 6.89. The Morgan fingerprint density at radius 2 is 1.67 bits per heavy atom. The van der Waals surface area contributed by atoms with Crippen molar-refractivity contribution < 1.29 is 19.1 Å². The van der Waals surface area contributed by atoms with Crippen LogP contribution in [-0.2, 0) is 14.3 Å². The van der Waals surface area contributed by atoms with Gasteiger partial charge in [-0.2, -0.15) is 0 Å². The average molecular weight is 297 g/mol. The molecule has 0 aliphatic carbocycles. The van der Waals surface area contributed by atoms with E-state index in [1.165, 1.54) is 6.08 Å². The van der Waals surface area contributed by atoms with Crippen LogP contribution in [0.15, 0.2) is 12.7 Å². The highest BCUT2D eigenvalue weighted by molar-refractivity contribution is 5.87. The van der Waals surface area contributed by atoms with E-state index >= 15 is 0 Å². The molecule has 118 valence electrons. The topological polar surface area (TPSA) is 79.0 Å². The van der Waals surface area contributed by atoms with Crippen LogP contribution in [0, 0.1) is 0 Å². The van der Waals surface area contributed by atoms with Gasteiger partial charge in [0.05, 0.1) is 0 Å². The van der Waals surface area contributed by atoms with Crippen LogP contribution in [0.1, 0.15) is 20.8 Å². The molecule has 0 atom stereocenters. The Hall–Kier alpha value is -2.05. The number of ether oxygens (including phenoxy) is 1. The average Bonchev–Trinajstić information content (AvgIpc) is 2.42. The SMILES string of the molecule is C=CC(=O)N1CCN(C(=O)CNC(=O)OC(C)(C)C)CC1. The van der Waals surface area contributed by atoms with Gasteiger partial charge >= 0.3 is 6.09 Å². The molecule has 0 aromatic heterocycles. The van der Waals surface area contributed by atoms with Crippen molar-refractivity contribution in [2.75, 3.05) is 32.7 Å². The number of amides is 3. The zero-order chi connectivity index (χ0) is 16.0. The van der Waals surface area contributed by atoms with Gasteiger partial charge in [-0.15, -0.1) is 0 Å². The summed E-state index contributed by atoms with van der Waals surface area (Å²) >= 11 is 0. The minimum atomic E-state index is -0.615. The fourth-order valence-corrected chi connectivity index (χ4v) is 1.88. The zero-order valence-electron chi connectivity index (χ0n) is 12.8. The molecule has 3 amide bonds. The highest BCUT2D eigenvalue weighted by atomic mass is 16.6. The van der Waals surface area contributed by atoms with Crippen LogP contribution in [0.25, 0.3) is 0 Å². The number of carbonyl (C=O) groups excluding carboxylic acids is 3. The van der Waals surface area contributed by atoms with Gasteiger partial charge in [0.15, 0.2) is 0 Å². The van der Waals surface area contributed by atoms with Gasteiger partial charge in [0, 0.05) is 26.2 Å². The van der Waals surface area contributed by atoms with E-state index in [1.54, 1.807) is 30.6 Å². The summed E-state index contributed by atoms with van der Waals surface area (Å²) in [4.78, 5) is 38.1. The lowest BCUT2D eigenvalue weighted by atomic mass is 10.2. The lowest BCUT2D eigenvalue weighted by Crippen LogP contribution is -2.52. The summed E-state index contributed by atoms with van der Waals surface area (Å²) in [5.41, 5.74) is -0.593. The second-order valence-electron chi connectivity index (χ2n) is 5.77. The van der Waals surface area contributed by atoms with Gasteiger partial charge in [0.1, 0.15) is 12.1 Å². The smallest absolute Gasteiger partial charge is 0.408 e. The normalized spacial score (nSPS) is 15.4. The van der Waals surface area contributed by atoms with Crippen molar-refractivity contribution in [2.24, 2.45) is 0 Å². The maximum Gasteiger partial charge on any atom is 0.408 e. The maximum absolute atomic E-state index is 11.9. The molecule has 1 saturated heterocycles. The Bertz CT molecular complexity index is 420. The number of alkyl carbamates (subject to hydrolysis) is 1. The number of hydrogen-bond acceptors (Lipinski definition) is 4. The predicted molar refractivity (Wildman–Crippen MR) is 77.6 cm³/mol. The number of nitrogens with one attached hydrogen (secondary N) is 1. The summed E-state index contributed by atoms with van der Waals surface area (Å²) in [6, 6.07) is 0. The van der Waals surface area contributed by atoms with E-state index in [9.17, 15) is 14.4 Å². The Morgan fingerprint density at radius 3 is 2.14 bits per heavy atom. The molecule has 0 radical (unpaired) electrons. The molecule has 21 heavy (non-hydrogen) atoms. The molecular formula is C14H23N3O4.